The van der Waals surface area contributed by atoms with Crippen molar-refractivity contribution in [1.29, 1.82) is 0 Å². The molecule has 0 saturated heterocycles. The van der Waals surface area contributed by atoms with Gasteiger partial charge in [0.1, 0.15) is 6.33 Å². The van der Waals surface area contributed by atoms with Crippen molar-refractivity contribution < 1.29 is 0 Å². The van der Waals surface area contributed by atoms with E-state index in [9.17, 15) is 4.79 Å². The number of aromatic nitrogens is 5. The van der Waals surface area contributed by atoms with Gasteiger partial charge in [0.15, 0.2) is 5.82 Å². The van der Waals surface area contributed by atoms with Crippen molar-refractivity contribution in [2.45, 2.75) is 13.1 Å². The first kappa shape index (κ1) is 11.9. The second kappa shape index (κ2) is 4.30. The SMILES string of the molecule is Nc1cc2c(=O)[nH]cnc2cc1N1CCn2cnnc2C1. The molecule has 4 rings (SSSR count). The number of H-pyrrole nitrogens is 1. The van der Waals surface area contributed by atoms with Crippen LogP contribution in [0.15, 0.2) is 29.6 Å². The Labute approximate surface area is 119 Å². The van der Waals surface area contributed by atoms with Crippen LogP contribution in [0.5, 0.6) is 0 Å². The molecule has 0 bridgehead atoms. The summed E-state index contributed by atoms with van der Waals surface area (Å²) in [4.78, 5) is 20.6. The van der Waals surface area contributed by atoms with Crippen LogP contribution in [0, 0.1) is 0 Å². The minimum Gasteiger partial charge on any atom is -0.397 e. The average molecular weight is 283 g/mol. The lowest BCUT2D eigenvalue weighted by Crippen LogP contribution is -2.34. The summed E-state index contributed by atoms with van der Waals surface area (Å²) in [6.07, 6.45) is 3.13. The van der Waals surface area contributed by atoms with Crippen LogP contribution < -0.4 is 16.2 Å². The number of hydrogen-bond acceptors (Lipinski definition) is 6. The normalized spacial score (nSPS) is 14.4. The fourth-order valence-electron chi connectivity index (χ4n) is 2.67. The topological polar surface area (TPSA) is 106 Å². The van der Waals surface area contributed by atoms with E-state index < -0.39 is 0 Å². The number of nitrogens with zero attached hydrogens (tertiary/aromatic N) is 5. The van der Waals surface area contributed by atoms with E-state index in [-0.39, 0.29) is 5.56 Å². The standard InChI is InChI=1S/C13H13N7O/c14-9-3-8-10(15-6-16-13(8)21)4-11(9)19-1-2-20-7-17-18-12(20)5-19/h3-4,6-7H,1-2,5,14H2,(H,15,16,21). The number of nitrogens with two attached hydrogens (primary N) is 1. The van der Waals surface area contributed by atoms with Gasteiger partial charge in [-0.15, -0.1) is 10.2 Å². The van der Waals surface area contributed by atoms with Gasteiger partial charge < -0.3 is 20.2 Å². The van der Waals surface area contributed by atoms with Crippen molar-refractivity contribution >= 4 is 22.3 Å². The molecule has 0 fully saturated rings. The van der Waals surface area contributed by atoms with E-state index in [0.717, 1.165) is 24.6 Å². The third kappa shape index (κ3) is 1.83. The number of benzene rings is 1. The van der Waals surface area contributed by atoms with Gasteiger partial charge in [-0.05, 0) is 12.1 Å². The Morgan fingerprint density at radius 1 is 1.29 bits per heavy atom. The molecule has 0 saturated carbocycles. The maximum Gasteiger partial charge on any atom is 0.258 e. The molecule has 0 unspecified atom stereocenters. The van der Waals surface area contributed by atoms with Gasteiger partial charge in [-0.25, -0.2) is 4.98 Å². The van der Waals surface area contributed by atoms with E-state index in [2.05, 4.69) is 25.1 Å². The zero-order valence-electron chi connectivity index (χ0n) is 11.2. The molecule has 0 radical (unpaired) electrons. The second-order valence-electron chi connectivity index (χ2n) is 5.02. The van der Waals surface area contributed by atoms with E-state index in [4.69, 9.17) is 5.73 Å². The summed E-state index contributed by atoms with van der Waals surface area (Å²) in [5, 5.41) is 8.51. The Morgan fingerprint density at radius 2 is 2.19 bits per heavy atom. The Bertz CT molecular complexity index is 882. The van der Waals surface area contributed by atoms with Crippen molar-refractivity contribution in [2.75, 3.05) is 17.2 Å². The van der Waals surface area contributed by atoms with E-state index >= 15 is 0 Å². The maximum atomic E-state index is 11.8. The highest BCUT2D eigenvalue weighted by Crippen LogP contribution is 2.29. The van der Waals surface area contributed by atoms with Gasteiger partial charge in [-0.3, -0.25) is 4.79 Å². The van der Waals surface area contributed by atoms with Crippen LogP contribution in [-0.2, 0) is 13.1 Å². The van der Waals surface area contributed by atoms with Crippen LogP contribution in [-0.4, -0.2) is 31.3 Å². The summed E-state index contributed by atoms with van der Waals surface area (Å²) in [6, 6.07) is 3.53. The first-order chi connectivity index (χ1) is 10.2. The highest BCUT2D eigenvalue weighted by molar-refractivity contribution is 5.88. The third-order valence-electron chi connectivity index (χ3n) is 3.77. The highest BCUT2D eigenvalue weighted by Gasteiger charge is 2.20. The number of aromatic amines is 1. The summed E-state index contributed by atoms with van der Waals surface area (Å²) in [6.45, 7) is 2.26. The molecular weight excluding hydrogens is 270 g/mol. The van der Waals surface area contributed by atoms with Gasteiger partial charge in [-0.1, -0.05) is 0 Å². The number of fused-ring (bicyclic) bond motifs is 2. The number of nitrogens with one attached hydrogen (secondary N) is 1. The minimum atomic E-state index is -0.184. The lowest BCUT2D eigenvalue weighted by Gasteiger charge is -2.30. The predicted molar refractivity (Wildman–Crippen MR) is 77.8 cm³/mol. The summed E-state index contributed by atoms with van der Waals surface area (Å²) in [7, 11) is 0. The van der Waals surface area contributed by atoms with Crippen molar-refractivity contribution in [3.05, 3.63) is 41.0 Å². The van der Waals surface area contributed by atoms with Gasteiger partial charge >= 0.3 is 0 Å². The molecule has 0 aliphatic carbocycles. The largest absolute Gasteiger partial charge is 0.397 e. The van der Waals surface area contributed by atoms with E-state index in [1.165, 1.54) is 6.33 Å². The fourth-order valence-corrected chi connectivity index (χ4v) is 2.67. The molecule has 2 aromatic heterocycles. The van der Waals surface area contributed by atoms with Gasteiger partial charge in [0.2, 0.25) is 0 Å². The summed E-state index contributed by atoms with van der Waals surface area (Å²) in [5.74, 6) is 0.902. The molecule has 106 valence electrons. The molecule has 8 heteroatoms. The predicted octanol–water partition coefficient (Wildman–Crippen LogP) is 0.117. The van der Waals surface area contributed by atoms with E-state index in [0.29, 0.717) is 23.1 Å². The van der Waals surface area contributed by atoms with Gasteiger partial charge in [0.25, 0.3) is 5.56 Å². The molecule has 0 amide bonds. The fraction of sp³-hybridized carbons (Fsp3) is 0.231. The minimum absolute atomic E-state index is 0.184. The molecule has 1 aliphatic heterocycles. The third-order valence-corrected chi connectivity index (χ3v) is 3.77. The van der Waals surface area contributed by atoms with E-state index in [1.807, 2.05) is 10.6 Å². The lowest BCUT2D eigenvalue weighted by molar-refractivity contribution is 0.560. The Kier molecular flexibility index (Phi) is 2.44. The van der Waals surface area contributed by atoms with E-state index in [1.54, 1.807) is 12.4 Å². The average Bonchev–Trinajstić information content (AvgIpc) is 2.95. The summed E-state index contributed by atoms with van der Waals surface area (Å²) >= 11 is 0. The molecule has 0 spiro atoms. The first-order valence-electron chi connectivity index (χ1n) is 6.61. The number of anilines is 2. The van der Waals surface area contributed by atoms with Crippen LogP contribution in [0.3, 0.4) is 0 Å². The molecule has 21 heavy (non-hydrogen) atoms. The van der Waals surface area contributed by atoms with Gasteiger partial charge in [0.05, 0.1) is 35.1 Å². The van der Waals surface area contributed by atoms with Crippen molar-refractivity contribution in [1.82, 2.24) is 24.7 Å². The number of nitrogen functional groups attached to an aromatic ring is 1. The summed E-state index contributed by atoms with van der Waals surface area (Å²) in [5.41, 5.74) is 8.00. The Hall–Kier alpha value is -2.90. The molecular formula is C13H13N7O. The molecule has 8 nitrogen and oxygen atoms in total. The Balaban J connectivity index is 1.81. The maximum absolute atomic E-state index is 11.8. The molecule has 3 N–H and O–H groups in total. The van der Waals surface area contributed by atoms with Crippen LogP contribution in [0.2, 0.25) is 0 Å². The zero-order valence-corrected chi connectivity index (χ0v) is 11.2. The van der Waals surface area contributed by atoms with Crippen molar-refractivity contribution in [2.24, 2.45) is 0 Å². The monoisotopic (exact) mass is 283 g/mol. The second-order valence-corrected chi connectivity index (χ2v) is 5.02. The molecule has 3 heterocycles. The van der Waals surface area contributed by atoms with Gasteiger partial charge in [0, 0.05) is 13.1 Å². The zero-order chi connectivity index (χ0) is 14.4. The smallest absolute Gasteiger partial charge is 0.258 e. The van der Waals surface area contributed by atoms with Crippen molar-refractivity contribution in [3.63, 3.8) is 0 Å². The lowest BCUT2D eigenvalue weighted by atomic mass is 10.1. The van der Waals surface area contributed by atoms with Crippen LogP contribution in [0.25, 0.3) is 10.9 Å². The van der Waals surface area contributed by atoms with Crippen molar-refractivity contribution in [3.8, 4) is 0 Å². The quantitative estimate of drug-likeness (QED) is 0.614. The van der Waals surface area contributed by atoms with Gasteiger partial charge in [-0.2, -0.15) is 0 Å². The summed E-state index contributed by atoms with van der Waals surface area (Å²) < 4.78 is 2.02. The number of hydrogen-bond donors (Lipinski definition) is 2. The van der Waals surface area contributed by atoms with Crippen LogP contribution in [0.4, 0.5) is 11.4 Å². The molecule has 3 aromatic rings. The Morgan fingerprint density at radius 3 is 3.10 bits per heavy atom. The number of rotatable bonds is 1. The van der Waals surface area contributed by atoms with Crippen LogP contribution in [0.1, 0.15) is 5.82 Å². The highest BCUT2D eigenvalue weighted by atomic mass is 16.1. The molecule has 1 aliphatic rings. The molecule has 1 aromatic carbocycles. The first-order valence-corrected chi connectivity index (χ1v) is 6.61. The van der Waals surface area contributed by atoms with Crippen LogP contribution >= 0.6 is 0 Å². The molecule has 0 atom stereocenters.